The Bertz CT molecular complexity index is 1280. The Hall–Kier alpha value is -2.90. The first-order valence-corrected chi connectivity index (χ1v) is 10.6. The molecule has 28 heavy (non-hydrogen) atoms. The van der Waals surface area contributed by atoms with Crippen LogP contribution in [0.5, 0.6) is 0 Å². The molecule has 0 saturated carbocycles. The second kappa shape index (κ2) is 6.92. The smallest absolute Gasteiger partial charge is 0.0361 e. The van der Waals surface area contributed by atoms with Crippen molar-refractivity contribution in [1.82, 2.24) is 0 Å². The highest BCUT2D eigenvalue weighted by atomic mass is 32.1. The number of benzene rings is 4. The molecule has 0 radical (unpaired) electrons. The van der Waals surface area contributed by atoms with Crippen molar-refractivity contribution >= 4 is 31.5 Å². The highest BCUT2D eigenvalue weighted by Crippen LogP contribution is 2.44. The van der Waals surface area contributed by atoms with E-state index in [1.807, 2.05) is 11.3 Å². The highest BCUT2D eigenvalue weighted by molar-refractivity contribution is 7.25. The maximum absolute atomic E-state index is 2.30. The summed E-state index contributed by atoms with van der Waals surface area (Å²) in [4.78, 5) is 0. The second-order valence-corrected chi connectivity index (χ2v) is 8.65. The summed E-state index contributed by atoms with van der Waals surface area (Å²) >= 11 is 1.89. The molecule has 1 heteroatoms. The van der Waals surface area contributed by atoms with Crippen molar-refractivity contribution in [2.75, 3.05) is 0 Å². The van der Waals surface area contributed by atoms with Crippen LogP contribution in [0.4, 0.5) is 0 Å². The van der Waals surface area contributed by atoms with E-state index < -0.39 is 0 Å². The third-order valence-electron chi connectivity index (χ3n) is 5.46. The lowest BCUT2D eigenvalue weighted by molar-refractivity contribution is 0.871. The molecule has 1 aromatic heterocycles. The van der Waals surface area contributed by atoms with Gasteiger partial charge in [-0.2, -0.15) is 0 Å². The molecule has 0 N–H and O–H groups in total. The molecule has 136 valence electrons. The number of fused-ring (bicyclic) bond motifs is 3. The molecule has 0 saturated heterocycles. The Balaban J connectivity index is 1.86. The highest BCUT2D eigenvalue weighted by Gasteiger charge is 2.18. The average Bonchev–Trinajstić information content (AvgIpc) is 3.12. The third-order valence-corrected chi connectivity index (χ3v) is 6.60. The van der Waals surface area contributed by atoms with E-state index in [0.717, 1.165) is 0 Å². The molecule has 0 nitrogen and oxygen atoms in total. The van der Waals surface area contributed by atoms with E-state index in [4.69, 9.17) is 0 Å². The van der Waals surface area contributed by atoms with Gasteiger partial charge in [0, 0.05) is 20.2 Å². The van der Waals surface area contributed by atoms with Crippen LogP contribution in [0.15, 0.2) is 91.0 Å². The van der Waals surface area contributed by atoms with Crippen molar-refractivity contribution in [2.24, 2.45) is 0 Å². The molecule has 1 heterocycles. The number of hydrogen-bond donors (Lipinski definition) is 0. The molecule has 0 aliphatic carbocycles. The van der Waals surface area contributed by atoms with Gasteiger partial charge in [-0.25, -0.2) is 0 Å². The minimum Gasteiger partial charge on any atom is -0.135 e. The minimum absolute atomic E-state index is 0.437. The molecule has 0 bridgehead atoms. The van der Waals surface area contributed by atoms with Crippen LogP contribution < -0.4 is 0 Å². The van der Waals surface area contributed by atoms with E-state index >= 15 is 0 Å². The zero-order valence-electron chi connectivity index (χ0n) is 16.1. The normalized spacial score (nSPS) is 11.5. The van der Waals surface area contributed by atoms with Crippen LogP contribution >= 0.6 is 11.3 Å². The molecular formula is C27H22S. The standard InChI is InChI=1S/C27H22S/c1-18(2)26-20(19-10-4-3-5-11-19)13-8-14-21(26)22-15-9-17-25-27(22)23-12-6-7-16-24(23)28-25/h3-18H,1-2H3. The van der Waals surface area contributed by atoms with Crippen LogP contribution in [0.2, 0.25) is 0 Å². The molecule has 0 aliphatic heterocycles. The van der Waals surface area contributed by atoms with Gasteiger partial charge in [0.1, 0.15) is 0 Å². The molecule has 4 aromatic carbocycles. The van der Waals surface area contributed by atoms with Crippen LogP contribution in [0.25, 0.3) is 42.4 Å². The number of rotatable bonds is 3. The summed E-state index contributed by atoms with van der Waals surface area (Å²) in [5.41, 5.74) is 6.75. The summed E-state index contributed by atoms with van der Waals surface area (Å²) in [6.45, 7) is 4.61. The Morgan fingerprint density at radius 3 is 2.04 bits per heavy atom. The summed E-state index contributed by atoms with van der Waals surface area (Å²) in [5.74, 6) is 0.437. The average molecular weight is 379 g/mol. The predicted molar refractivity (Wildman–Crippen MR) is 124 cm³/mol. The largest absolute Gasteiger partial charge is 0.135 e. The van der Waals surface area contributed by atoms with Gasteiger partial charge >= 0.3 is 0 Å². The molecule has 0 spiro atoms. The van der Waals surface area contributed by atoms with Crippen molar-refractivity contribution in [3.63, 3.8) is 0 Å². The van der Waals surface area contributed by atoms with Gasteiger partial charge in [0.05, 0.1) is 0 Å². The maximum atomic E-state index is 2.30. The molecule has 0 aliphatic rings. The van der Waals surface area contributed by atoms with E-state index in [9.17, 15) is 0 Å². The van der Waals surface area contributed by atoms with E-state index in [1.54, 1.807) is 0 Å². The van der Waals surface area contributed by atoms with Gasteiger partial charge in [-0.15, -0.1) is 11.3 Å². The van der Waals surface area contributed by atoms with Crippen LogP contribution in [-0.2, 0) is 0 Å². The fourth-order valence-corrected chi connectivity index (χ4v) is 5.42. The Labute approximate surface area is 170 Å². The summed E-state index contributed by atoms with van der Waals surface area (Å²) in [5, 5.41) is 2.74. The number of hydrogen-bond acceptors (Lipinski definition) is 1. The van der Waals surface area contributed by atoms with E-state index in [0.29, 0.717) is 5.92 Å². The lowest BCUT2D eigenvalue weighted by atomic mass is 9.85. The van der Waals surface area contributed by atoms with Crippen molar-refractivity contribution in [3.8, 4) is 22.3 Å². The van der Waals surface area contributed by atoms with Crippen LogP contribution in [0, 0.1) is 0 Å². The lowest BCUT2D eigenvalue weighted by Crippen LogP contribution is -1.97. The Kier molecular flexibility index (Phi) is 4.26. The minimum atomic E-state index is 0.437. The first-order chi connectivity index (χ1) is 13.7. The topological polar surface area (TPSA) is 0 Å². The van der Waals surface area contributed by atoms with Gasteiger partial charge in [-0.1, -0.05) is 92.7 Å². The lowest BCUT2D eigenvalue weighted by Gasteiger charge is -2.19. The summed E-state index contributed by atoms with van der Waals surface area (Å²) in [7, 11) is 0. The molecule has 0 atom stereocenters. The van der Waals surface area contributed by atoms with E-state index in [-0.39, 0.29) is 0 Å². The van der Waals surface area contributed by atoms with Crippen LogP contribution in [0.3, 0.4) is 0 Å². The fraction of sp³-hybridized carbons (Fsp3) is 0.111. The van der Waals surface area contributed by atoms with Gasteiger partial charge < -0.3 is 0 Å². The monoisotopic (exact) mass is 378 g/mol. The predicted octanol–water partition coefficient (Wildman–Crippen LogP) is 8.51. The molecular weight excluding hydrogens is 356 g/mol. The van der Waals surface area contributed by atoms with Crippen molar-refractivity contribution in [2.45, 2.75) is 19.8 Å². The molecule has 5 aromatic rings. The molecule has 5 rings (SSSR count). The van der Waals surface area contributed by atoms with Gasteiger partial charge in [-0.05, 0) is 45.9 Å². The zero-order chi connectivity index (χ0) is 19.1. The van der Waals surface area contributed by atoms with Gasteiger partial charge in [0.25, 0.3) is 0 Å². The third kappa shape index (κ3) is 2.75. The summed E-state index contributed by atoms with van der Waals surface area (Å²) < 4.78 is 2.72. The molecule has 0 fully saturated rings. The summed E-state index contributed by atoms with van der Waals surface area (Å²) in [6.07, 6.45) is 0. The fourth-order valence-electron chi connectivity index (χ4n) is 4.29. The van der Waals surface area contributed by atoms with Crippen molar-refractivity contribution in [1.29, 1.82) is 0 Å². The van der Waals surface area contributed by atoms with E-state index in [1.165, 1.54) is 48.0 Å². The first-order valence-electron chi connectivity index (χ1n) is 9.83. The zero-order valence-corrected chi connectivity index (χ0v) is 17.0. The maximum Gasteiger partial charge on any atom is 0.0361 e. The quantitative estimate of drug-likeness (QED) is 0.295. The SMILES string of the molecule is CC(C)c1c(-c2ccccc2)cccc1-c1cccc2sc3ccccc3c12. The summed E-state index contributed by atoms with van der Waals surface area (Å²) in [6, 6.07) is 33.0. The second-order valence-electron chi connectivity index (χ2n) is 7.56. The number of thiophene rings is 1. The Morgan fingerprint density at radius 2 is 1.21 bits per heavy atom. The van der Waals surface area contributed by atoms with Crippen LogP contribution in [0.1, 0.15) is 25.3 Å². The van der Waals surface area contributed by atoms with Gasteiger partial charge in [0.15, 0.2) is 0 Å². The van der Waals surface area contributed by atoms with Crippen molar-refractivity contribution < 1.29 is 0 Å². The molecule has 0 amide bonds. The first kappa shape index (κ1) is 17.2. The van der Waals surface area contributed by atoms with Gasteiger partial charge in [-0.3, -0.25) is 0 Å². The van der Waals surface area contributed by atoms with Crippen molar-refractivity contribution in [3.05, 3.63) is 96.6 Å². The molecule has 0 unspecified atom stereocenters. The Morgan fingerprint density at radius 1 is 0.571 bits per heavy atom. The van der Waals surface area contributed by atoms with Gasteiger partial charge in [0.2, 0.25) is 0 Å². The van der Waals surface area contributed by atoms with E-state index in [2.05, 4.69) is 105 Å². The van der Waals surface area contributed by atoms with Crippen LogP contribution in [-0.4, -0.2) is 0 Å².